The summed E-state index contributed by atoms with van der Waals surface area (Å²) in [6.45, 7) is 2.14. The second-order valence-electron chi connectivity index (χ2n) is 8.50. The molecule has 0 N–H and O–H groups in total. The van der Waals surface area contributed by atoms with Gasteiger partial charge < -0.3 is 4.90 Å². The zero-order valence-electron chi connectivity index (χ0n) is 17.3. The molecule has 1 aromatic heterocycles. The van der Waals surface area contributed by atoms with Crippen LogP contribution in [0.15, 0.2) is 97.1 Å². The van der Waals surface area contributed by atoms with Crippen molar-refractivity contribution in [2.24, 2.45) is 11.8 Å². The maximum Gasteiger partial charge on any atom is 0.129 e. The van der Waals surface area contributed by atoms with Crippen LogP contribution in [0.5, 0.6) is 0 Å². The van der Waals surface area contributed by atoms with Crippen LogP contribution >= 0.6 is 0 Å². The first kappa shape index (κ1) is 18.9. The minimum Gasteiger partial charge on any atom is -0.356 e. The van der Waals surface area contributed by atoms with Crippen LogP contribution in [0.25, 0.3) is 10.9 Å². The Kier molecular flexibility index (Phi) is 5.48. The molecule has 0 aliphatic carbocycles. The lowest BCUT2D eigenvalue weighted by Gasteiger charge is -2.39. The Hall–Kier alpha value is -3.13. The molecule has 5 rings (SSSR count). The number of nitrogens with zero attached hydrogens (tertiary/aromatic N) is 2. The molecule has 0 bridgehead atoms. The molecule has 2 unspecified atom stereocenters. The van der Waals surface area contributed by atoms with E-state index in [9.17, 15) is 0 Å². The summed E-state index contributed by atoms with van der Waals surface area (Å²) in [5, 5.41) is 1.21. The lowest BCUT2D eigenvalue weighted by molar-refractivity contribution is 0.274. The van der Waals surface area contributed by atoms with E-state index in [-0.39, 0.29) is 0 Å². The predicted octanol–water partition coefficient (Wildman–Crippen LogP) is 6.16. The molecule has 30 heavy (non-hydrogen) atoms. The summed E-state index contributed by atoms with van der Waals surface area (Å²) in [7, 11) is 0. The van der Waals surface area contributed by atoms with Crippen LogP contribution in [0, 0.1) is 11.8 Å². The van der Waals surface area contributed by atoms with Gasteiger partial charge in [-0.2, -0.15) is 0 Å². The molecule has 0 saturated carbocycles. The van der Waals surface area contributed by atoms with Crippen molar-refractivity contribution < 1.29 is 0 Å². The number of hydrogen-bond acceptors (Lipinski definition) is 2. The summed E-state index contributed by atoms with van der Waals surface area (Å²) in [6.07, 6.45) is 3.50. The lowest BCUT2D eigenvalue weighted by Crippen LogP contribution is -2.42. The Balaban J connectivity index is 1.39. The average molecular weight is 393 g/mol. The minimum atomic E-state index is 0.620. The summed E-state index contributed by atoms with van der Waals surface area (Å²) >= 11 is 0. The number of para-hydroxylation sites is 1. The number of pyridine rings is 1. The SMILES string of the molecule is c1ccc(CC2CCN(c3ccc4ccccc4n3)CC2Cc2ccccc2)cc1. The summed E-state index contributed by atoms with van der Waals surface area (Å²) in [5.41, 5.74) is 3.98. The molecule has 2 heterocycles. The lowest BCUT2D eigenvalue weighted by atomic mass is 9.78. The second-order valence-corrected chi connectivity index (χ2v) is 8.50. The number of aromatic nitrogens is 1. The molecule has 150 valence electrons. The summed E-state index contributed by atoms with van der Waals surface area (Å²) < 4.78 is 0. The van der Waals surface area contributed by atoms with Crippen LogP contribution in [0.4, 0.5) is 5.82 Å². The first-order valence-electron chi connectivity index (χ1n) is 11.0. The van der Waals surface area contributed by atoms with Gasteiger partial charge in [0.25, 0.3) is 0 Å². The third kappa shape index (κ3) is 4.23. The van der Waals surface area contributed by atoms with Gasteiger partial charge in [-0.3, -0.25) is 0 Å². The molecule has 3 aromatic carbocycles. The van der Waals surface area contributed by atoms with Gasteiger partial charge in [-0.1, -0.05) is 78.9 Å². The van der Waals surface area contributed by atoms with Crippen LogP contribution in [0.2, 0.25) is 0 Å². The van der Waals surface area contributed by atoms with Crippen LogP contribution in [-0.2, 0) is 12.8 Å². The number of hydrogen-bond donors (Lipinski definition) is 0. The average Bonchev–Trinajstić information content (AvgIpc) is 2.81. The van der Waals surface area contributed by atoms with Crippen LogP contribution in [-0.4, -0.2) is 18.1 Å². The predicted molar refractivity (Wildman–Crippen MR) is 126 cm³/mol. The molecular formula is C28H28N2. The highest BCUT2D eigenvalue weighted by molar-refractivity contribution is 5.80. The molecule has 1 aliphatic rings. The van der Waals surface area contributed by atoms with Crippen molar-refractivity contribution in [2.45, 2.75) is 19.3 Å². The van der Waals surface area contributed by atoms with E-state index in [1.54, 1.807) is 0 Å². The van der Waals surface area contributed by atoms with E-state index in [1.165, 1.54) is 22.9 Å². The van der Waals surface area contributed by atoms with Gasteiger partial charge in [0, 0.05) is 18.5 Å². The Morgan fingerprint density at radius 1 is 0.667 bits per heavy atom. The smallest absolute Gasteiger partial charge is 0.129 e. The Morgan fingerprint density at radius 3 is 2.03 bits per heavy atom. The number of rotatable bonds is 5. The van der Waals surface area contributed by atoms with E-state index < -0.39 is 0 Å². The van der Waals surface area contributed by atoms with E-state index in [4.69, 9.17) is 4.98 Å². The van der Waals surface area contributed by atoms with Gasteiger partial charge in [0.15, 0.2) is 0 Å². The van der Waals surface area contributed by atoms with E-state index >= 15 is 0 Å². The topological polar surface area (TPSA) is 16.1 Å². The van der Waals surface area contributed by atoms with E-state index in [0.717, 1.165) is 37.3 Å². The highest BCUT2D eigenvalue weighted by atomic mass is 15.2. The van der Waals surface area contributed by atoms with Gasteiger partial charge >= 0.3 is 0 Å². The Morgan fingerprint density at radius 2 is 1.30 bits per heavy atom. The summed E-state index contributed by atoms with van der Waals surface area (Å²) in [4.78, 5) is 7.48. The van der Waals surface area contributed by atoms with Crippen molar-refractivity contribution in [3.63, 3.8) is 0 Å². The quantitative estimate of drug-likeness (QED) is 0.404. The molecule has 0 amide bonds. The molecule has 0 spiro atoms. The second kappa shape index (κ2) is 8.71. The Labute approximate surface area is 179 Å². The summed E-state index contributed by atoms with van der Waals surface area (Å²) in [5.74, 6) is 2.43. The number of piperidine rings is 1. The fraction of sp³-hybridized carbons (Fsp3) is 0.250. The molecular weight excluding hydrogens is 364 g/mol. The summed E-state index contributed by atoms with van der Waals surface area (Å²) in [6, 6.07) is 34.8. The molecule has 1 fully saturated rings. The number of fused-ring (bicyclic) bond motifs is 1. The van der Waals surface area contributed by atoms with Gasteiger partial charge in [0.1, 0.15) is 5.82 Å². The minimum absolute atomic E-state index is 0.620. The van der Waals surface area contributed by atoms with Gasteiger partial charge in [-0.05, 0) is 60.4 Å². The zero-order chi connectivity index (χ0) is 20.2. The highest BCUT2D eigenvalue weighted by Crippen LogP contribution is 2.32. The fourth-order valence-electron chi connectivity index (χ4n) is 4.85. The standard InChI is InChI=1S/C28H28N2/c1-3-9-22(10-4-1)19-25-17-18-30(21-26(25)20-23-11-5-2-6-12-23)28-16-15-24-13-7-8-14-27(24)29-28/h1-16,25-26H,17-21H2. The van der Waals surface area contributed by atoms with Crippen LogP contribution in [0.1, 0.15) is 17.5 Å². The molecule has 1 saturated heterocycles. The first-order valence-corrected chi connectivity index (χ1v) is 11.0. The normalized spacial score (nSPS) is 19.1. The van der Waals surface area contributed by atoms with Crippen molar-refractivity contribution in [3.8, 4) is 0 Å². The van der Waals surface area contributed by atoms with E-state index in [0.29, 0.717) is 11.8 Å². The van der Waals surface area contributed by atoms with Gasteiger partial charge in [-0.15, -0.1) is 0 Å². The van der Waals surface area contributed by atoms with Gasteiger partial charge in [0.2, 0.25) is 0 Å². The maximum absolute atomic E-state index is 4.98. The zero-order valence-corrected chi connectivity index (χ0v) is 17.3. The van der Waals surface area contributed by atoms with Crippen molar-refractivity contribution in [1.82, 2.24) is 4.98 Å². The van der Waals surface area contributed by atoms with Crippen molar-refractivity contribution in [3.05, 3.63) is 108 Å². The van der Waals surface area contributed by atoms with Gasteiger partial charge in [0.05, 0.1) is 5.52 Å². The maximum atomic E-state index is 4.98. The third-order valence-corrected chi connectivity index (χ3v) is 6.48. The molecule has 2 nitrogen and oxygen atoms in total. The molecule has 2 heteroatoms. The molecule has 0 radical (unpaired) electrons. The van der Waals surface area contributed by atoms with E-state index in [1.807, 2.05) is 0 Å². The molecule has 2 atom stereocenters. The van der Waals surface area contributed by atoms with Crippen molar-refractivity contribution in [2.75, 3.05) is 18.0 Å². The molecule has 4 aromatic rings. The van der Waals surface area contributed by atoms with Gasteiger partial charge in [-0.25, -0.2) is 4.98 Å². The first-order chi connectivity index (χ1) is 14.8. The third-order valence-electron chi connectivity index (χ3n) is 6.48. The number of benzene rings is 3. The number of anilines is 1. The van der Waals surface area contributed by atoms with Crippen molar-refractivity contribution >= 4 is 16.7 Å². The van der Waals surface area contributed by atoms with Crippen molar-refractivity contribution in [1.29, 1.82) is 0 Å². The highest BCUT2D eigenvalue weighted by Gasteiger charge is 2.30. The Bertz CT molecular complexity index is 1090. The van der Waals surface area contributed by atoms with Crippen LogP contribution < -0.4 is 4.90 Å². The van der Waals surface area contributed by atoms with E-state index in [2.05, 4.69) is 102 Å². The van der Waals surface area contributed by atoms with Crippen LogP contribution in [0.3, 0.4) is 0 Å². The molecule has 1 aliphatic heterocycles. The largest absolute Gasteiger partial charge is 0.356 e. The monoisotopic (exact) mass is 392 g/mol. The fourth-order valence-corrected chi connectivity index (χ4v) is 4.85.